The number of rotatable bonds is 2. The number of hydrogen-bond donors (Lipinski definition) is 1. The van der Waals surface area contributed by atoms with Crippen molar-refractivity contribution in [2.45, 2.75) is 6.10 Å². The van der Waals surface area contributed by atoms with Crippen molar-refractivity contribution in [2.75, 3.05) is 0 Å². The third kappa shape index (κ3) is 2.05. The molecule has 0 aliphatic rings. The van der Waals surface area contributed by atoms with Gasteiger partial charge in [-0.1, -0.05) is 12.1 Å². The maximum atomic E-state index is 10.00. The molecule has 2 aromatic rings. The molecule has 0 amide bonds. The number of nitrogens with zero attached hydrogens (tertiary/aromatic N) is 3. The van der Waals surface area contributed by atoms with Gasteiger partial charge in [0.2, 0.25) is 0 Å². The molecule has 4 heteroatoms. The van der Waals surface area contributed by atoms with E-state index in [1.165, 1.54) is 12.4 Å². The smallest absolute Gasteiger partial charge is 0.123 e. The van der Waals surface area contributed by atoms with Crippen LogP contribution in [-0.4, -0.2) is 15.1 Å². The summed E-state index contributed by atoms with van der Waals surface area (Å²) in [6.07, 6.45) is 3.72. The first-order chi connectivity index (χ1) is 7.81. The highest BCUT2D eigenvalue weighted by Gasteiger charge is 2.11. The van der Waals surface area contributed by atoms with Gasteiger partial charge in [-0.2, -0.15) is 5.26 Å². The van der Waals surface area contributed by atoms with Gasteiger partial charge in [0, 0.05) is 12.4 Å². The summed E-state index contributed by atoms with van der Waals surface area (Å²) in [4.78, 5) is 7.90. The molecule has 78 valence electrons. The van der Waals surface area contributed by atoms with Crippen LogP contribution in [0.15, 0.2) is 42.9 Å². The van der Waals surface area contributed by atoms with Crippen molar-refractivity contribution in [3.05, 3.63) is 59.7 Å². The van der Waals surface area contributed by atoms with Gasteiger partial charge in [0.1, 0.15) is 6.10 Å². The zero-order chi connectivity index (χ0) is 11.4. The molecular formula is C12H9N3O. The Labute approximate surface area is 92.8 Å². The van der Waals surface area contributed by atoms with E-state index >= 15 is 0 Å². The average Bonchev–Trinajstić information content (AvgIpc) is 2.39. The molecule has 1 atom stereocenters. The van der Waals surface area contributed by atoms with Crippen LogP contribution in [0.5, 0.6) is 0 Å². The Bertz CT molecular complexity index is 519. The molecule has 0 radical (unpaired) electrons. The Morgan fingerprint density at radius 2 is 2.19 bits per heavy atom. The van der Waals surface area contributed by atoms with Crippen LogP contribution in [0.3, 0.4) is 0 Å². The van der Waals surface area contributed by atoms with Crippen molar-refractivity contribution >= 4 is 0 Å². The van der Waals surface area contributed by atoms with Crippen LogP contribution in [0.2, 0.25) is 0 Å². The third-order valence-electron chi connectivity index (χ3n) is 2.19. The van der Waals surface area contributed by atoms with Gasteiger partial charge in [0.25, 0.3) is 0 Å². The normalized spacial score (nSPS) is 11.8. The third-order valence-corrected chi connectivity index (χ3v) is 2.19. The fourth-order valence-electron chi connectivity index (χ4n) is 1.40. The van der Waals surface area contributed by atoms with Crippen LogP contribution < -0.4 is 0 Å². The van der Waals surface area contributed by atoms with E-state index in [9.17, 15) is 5.11 Å². The Kier molecular flexibility index (Phi) is 2.90. The van der Waals surface area contributed by atoms with Crippen LogP contribution in [-0.2, 0) is 0 Å². The molecular weight excluding hydrogens is 202 g/mol. The molecule has 1 aromatic carbocycles. The maximum absolute atomic E-state index is 10.00. The Balaban J connectivity index is 2.35. The van der Waals surface area contributed by atoms with Gasteiger partial charge in [0.15, 0.2) is 0 Å². The summed E-state index contributed by atoms with van der Waals surface area (Å²) in [5.74, 6) is 0. The molecule has 0 fully saturated rings. The van der Waals surface area contributed by atoms with Crippen molar-refractivity contribution in [2.24, 2.45) is 0 Å². The zero-order valence-electron chi connectivity index (χ0n) is 8.41. The molecule has 0 saturated heterocycles. The van der Waals surface area contributed by atoms with Crippen LogP contribution in [0.25, 0.3) is 0 Å². The second-order valence-corrected chi connectivity index (χ2v) is 3.27. The molecule has 1 N–H and O–H groups in total. The predicted octanol–water partition coefficient (Wildman–Crippen LogP) is 1.43. The molecule has 0 aliphatic heterocycles. The number of nitriles is 1. The molecule has 2 rings (SSSR count). The fourth-order valence-corrected chi connectivity index (χ4v) is 1.40. The molecule has 0 spiro atoms. The molecule has 1 heterocycles. The first kappa shape index (κ1) is 10.3. The molecule has 1 aromatic heterocycles. The van der Waals surface area contributed by atoms with Gasteiger partial charge < -0.3 is 5.11 Å². The van der Waals surface area contributed by atoms with Crippen LogP contribution >= 0.6 is 0 Å². The predicted molar refractivity (Wildman–Crippen MR) is 57.3 cm³/mol. The van der Waals surface area contributed by atoms with Crippen molar-refractivity contribution in [1.29, 1.82) is 5.26 Å². The fraction of sp³-hybridized carbons (Fsp3) is 0.0833. The quantitative estimate of drug-likeness (QED) is 0.815. The number of aliphatic hydroxyl groups is 1. The van der Waals surface area contributed by atoms with E-state index in [4.69, 9.17) is 5.26 Å². The minimum atomic E-state index is -0.845. The topological polar surface area (TPSA) is 69.8 Å². The van der Waals surface area contributed by atoms with Gasteiger partial charge >= 0.3 is 0 Å². The number of aliphatic hydroxyl groups excluding tert-OH is 1. The second-order valence-electron chi connectivity index (χ2n) is 3.27. The number of aromatic nitrogens is 2. The van der Waals surface area contributed by atoms with Crippen molar-refractivity contribution in [3.8, 4) is 6.07 Å². The van der Waals surface area contributed by atoms with E-state index in [-0.39, 0.29) is 0 Å². The highest BCUT2D eigenvalue weighted by Crippen LogP contribution is 2.19. The number of hydrogen-bond acceptors (Lipinski definition) is 4. The molecule has 4 nitrogen and oxygen atoms in total. The lowest BCUT2D eigenvalue weighted by atomic mass is 10.0. The lowest BCUT2D eigenvalue weighted by Gasteiger charge is -2.09. The summed E-state index contributed by atoms with van der Waals surface area (Å²) >= 11 is 0. The van der Waals surface area contributed by atoms with Gasteiger partial charge in [-0.3, -0.25) is 9.97 Å². The summed E-state index contributed by atoms with van der Waals surface area (Å²) in [6, 6.07) is 8.83. The second kappa shape index (κ2) is 4.51. The summed E-state index contributed by atoms with van der Waals surface area (Å²) in [5.41, 5.74) is 1.62. The molecule has 16 heavy (non-hydrogen) atoms. The lowest BCUT2D eigenvalue weighted by Crippen LogP contribution is -2.02. The van der Waals surface area contributed by atoms with Crippen molar-refractivity contribution in [3.63, 3.8) is 0 Å². The highest BCUT2D eigenvalue weighted by atomic mass is 16.3. The van der Waals surface area contributed by atoms with Gasteiger partial charge in [-0.25, -0.2) is 0 Å². The first-order valence-electron chi connectivity index (χ1n) is 4.75. The van der Waals surface area contributed by atoms with E-state index in [0.29, 0.717) is 16.8 Å². The largest absolute Gasteiger partial charge is 0.382 e. The SMILES string of the molecule is N#Cc1cccc(C(O)c2cnccn2)c1. The highest BCUT2D eigenvalue weighted by molar-refractivity contribution is 5.35. The summed E-state index contributed by atoms with van der Waals surface area (Å²) in [7, 11) is 0. The van der Waals surface area contributed by atoms with Gasteiger partial charge in [0.05, 0.1) is 23.5 Å². The summed E-state index contributed by atoms with van der Waals surface area (Å²) in [5, 5.41) is 18.8. The van der Waals surface area contributed by atoms with E-state index in [0.717, 1.165) is 0 Å². The van der Waals surface area contributed by atoms with Crippen molar-refractivity contribution < 1.29 is 5.11 Å². The zero-order valence-corrected chi connectivity index (χ0v) is 8.41. The van der Waals surface area contributed by atoms with Gasteiger partial charge in [-0.15, -0.1) is 0 Å². The molecule has 0 bridgehead atoms. The van der Waals surface area contributed by atoms with E-state index in [1.54, 1.807) is 30.5 Å². The molecule has 0 saturated carbocycles. The van der Waals surface area contributed by atoms with Crippen LogP contribution in [0, 0.1) is 11.3 Å². The Hall–Kier alpha value is -2.25. The Morgan fingerprint density at radius 1 is 1.31 bits per heavy atom. The molecule has 0 aliphatic carbocycles. The van der Waals surface area contributed by atoms with Crippen LogP contribution in [0.4, 0.5) is 0 Å². The minimum Gasteiger partial charge on any atom is -0.382 e. The maximum Gasteiger partial charge on any atom is 0.123 e. The average molecular weight is 211 g/mol. The first-order valence-corrected chi connectivity index (χ1v) is 4.75. The van der Waals surface area contributed by atoms with E-state index in [2.05, 4.69) is 9.97 Å². The van der Waals surface area contributed by atoms with Crippen molar-refractivity contribution in [1.82, 2.24) is 9.97 Å². The van der Waals surface area contributed by atoms with E-state index in [1.807, 2.05) is 6.07 Å². The number of benzene rings is 1. The Morgan fingerprint density at radius 3 is 2.88 bits per heavy atom. The van der Waals surface area contributed by atoms with Crippen LogP contribution in [0.1, 0.15) is 22.9 Å². The lowest BCUT2D eigenvalue weighted by molar-refractivity contribution is 0.215. The van der Waals surface area contributed by atoms with E-state index < -0.39 is 6.10 Å². The summed E-state index contributed by atoms with van der Waals surface area (Å²) < 4.78 is 0. The van der Waals surface area contributed by atoms with Gasteiger partial charge in [-0.05, 0) is 17.7 Å². The standard InChI is InChI=1S/C12H9N3O/c13-7-9-2-1-3-10(6-9)12(16)11-8-14-4-5-15-11/h1-6,8,12,16H. The molecule has 1 unspecified atom stereocenters. The monoisotopic (exact) mass is 211 g/mol. The summed E-state index contributed by atoms with van der Waals surface area (Å²) in [6.45, 7) is 0. The minimum absolute atomic E-state index is 0.470.